The Morgan fingerprint density at radius 1 is 1.25 bits per heavy atom. The van der Waals surface area contributed by atoms with Gasteiger partial charge in [0.1, 0.15) is 0 Å². The fourth-order valence-electron chi connectivity index (χ4n) is 1.25. The van der Waals surface area contributed by atoms with E-state index in [1.807, 2.05) is 32.0 Å². The Balaban J connectivity index is 2.45. The van der Waals surface area contributed by atoms with Crippen molar-refractivity contribution in [1.82, 2.24) is 5.32 Å². The second-order valence-corrected chi connectivity index (χ2v) is 3.82. The first-order chi connectivity index (χ1) is 7.65. The Morgan fingerprint density at radius 2 is 1.88 bits per heavy atom. The van der Waals surface area contributed by atoms with E-state index >= 15 is 0 Å². The minimum absolute atomic E-state index is 0.0384. The summed E-state index contributed by atoms with van der Waals surface area (Å²) in [5.74, 6) is -0.160. The van der Waals surface area contributed by atoms with Gasteiger partial charge in [0, 0.05) is 11.5 Å². The van der Waals surface area contributed by atoms with Crippen LogP contribution in [0.4, 0.5) is 0 Å². The summed E-state index contributed by atoms with van der Waals surface area (Å²) in [6.45, 7) is 3.87. The van der Waals surface area contributed by atoms with Gasteiger partial charge in [0.15, 0.2) is 5.78 Å². The maximum Gasteiger partial charge on any atom is 0.223 e. The Kier molecular flexibility index (Phi) is 4.70. The summed E-state index contributed by atoms with van der Waals surface area (Å²) >= 11 is 0. The van der Waals surface area contributed by atoms with Crippen LogP contribution < -0.4 is 5.32 Å². The highest BCUT2D eigenvalue weighted by molar-refractivity contribution is 5.99. The Bertz CT molecular complexity index is 359. The Labute approximate surface area is 95.9 Å². The van der Waals surface area contributed by atoms with E-state index in [2.05, 4.69) is 5.32 Å². The molecule has 86 valence electrons. The molecule has 1 aromatic carbocycles. The van der Waals surface area contributed by atoms with E-state index in [0.29, 0.717) is 5.56 Å². The number of carbonyl (C=O) groups is 2. The van der Waals surface area contributed by atoms with Crippen LogP contribution in [0.5, 0.6) is 0 Å². The molecule has 1 amide bonds. The molecule has 0 radical (unpaired) electrons. The number of Topliss-reactive ketones (excluding diaryl/α,β-unsaturated/α-hetero) is 1. The summed E-state index contributed by atoms with van der Waals surface area (Å²) in [4.78, 5) is 23.1. The molecule has 3 heteroatoms. The quantitative estimate of drug-likeness (QED) is 0.770. The molecule has 1 aromatic rings. The molecule has 1 N–H and O–H groups in total. The third-order valence-corrected chi connectivity index (χ3v) is 2.58. The summed E-state index contributed by atoms with van der Waals surface area (Å²) in [6, 6.07) is 8.97. The van der Waals surface area contributed by atoms with Crippen LogP contribution in [0.3, 0.4) is 0 Å². The molecule has 16 heavy (non-hydrogen) atoms. The molecule has 0 aliphatic carbocycles. The number of nitrogens with one attached hydrogen (secondary N) is 1. The molecule has 0 saturated heterocycles. The average Bonchev–Trinajstić information content (AvgIpc) is 2.35. The van der Waals surface area contributed by atoms with E-state index in [1.54, 1.807) is 12.1 Å². The lowest BCUT2D eigenvalue weighted by molar-refractivity contribution is -0.124. The zero-order valence-corrected chi connectivity index (χ0v) is 9.69. The van der Waals surface area contributed by atoms with E-state index in [4.69, 9.17) is 0 Å². The minimum Gasteiger partial charge on any atom is -0.348 e. The molecule has 0 fully saturated rings. The van der Waals surface area contributed by atoms with Crippen molar-refractivity contribution in [3.05, 3.63) is 35.9 Å². The number of carbonyl (C=O) groups excluding carboxylic acids is 2. The molecule has 0 aliphatic rings. The molecular weight excluding hydrogens is 202 g/mol. The highest BCUT2D eigenvalue weighted by Crippen LogP contribution is 2.01. The largest absolute Gasteiger partial charge is 0.348 e. The van der Waals surface area contributed by atoms with Crippen LogP contribution in [0.15, 0.2) is 30.3 Å². The number of ketones is 1. The average molecular weight is 219 g/mol. The molecule has 1 unspecified atom stereocenters. The second kappa shape index (κ2) is 6.05. The summed E-state index contributed by atoms with van der Waals surface area (Å²) in [5.41, 5.74) is 0.631. The number of amides is 1. The van der Waals surface area contributed by atoms with Crippen LogP contribution >= 0.6 is 0 Å². The monoisotopic (exact) mass is 219 g/mol. The van der Waals surface area contributed by atoms with Crippen molar-refractivity contribution in [2.24, 2.45) is 5.92 Å². The maximum atomic E-state index is 11.6. The fraction of sp³-hybridized carbons (Fsp3) is 0.385. The standard InChI is InChI=1S/C13H17NO2/c1-3-10(2)13(16)14-9-12(15)11-7-5-4-6-8-11/h4-8,10H,3,9H2,1-2H3,(H,14,16). The smallest absolute Gasteiger partial charge is 0.223 e. The summed E-state index contributed by atoms with van der Waals surface area (Å²) in [5, 5.41) is 2.64. The predicted octanol–water partition coefficient (Wildman–Crippen LogP) is 2.03. The van der Waals surface area contributed by atoms with Crippen LogP contribution in [0.25, 0.3) is 0 Å². The van der Waals surface area contributed by atoms with Crippen molar-refractivity contribution in [2.75, 3.05) is 6.54 Å². The van der Waals surface area contributed by atoms with Gasteiger partial charge >= 0.3 is 0 Å². The normalized spacial score (nSPS) is 11.9. The van der Waals surface area contributed by atoms with Crippen molar-refractivity contribution in [2.45, 2.75) is 20.3 Å². The van der Waals surface area contributed by atoms with Gasteiger partial charge in [-0.1, -0.05) is 44.2 Å². The Hall–Kier alpha value is -1.64. The predicted molar refractivity (Wildman–Crippen MR) is 63.2 cm³/mol. The number of hydrogen-bond acceptors (Lipinski definition) is 2. The molecule has 0 saturated carbocycles. The molecule has 0 aliphatic heterocycles. The molecule has 0 heterocycles. The highest BCUT2D eigenvalue weighted by atomic mass is 16.2. The van der Waals surface area contributed by atoms with Crippen molar-refractivity contribution >= 4 is 11.7 Å². The first-order valence-corrected chi connectivity index (χ1v) is 5.51. The number of benzene rings is 1. The lowest BCUT2D eigenvalue weighted by Crippen LogP contribution is -2.33. The van der Waals surface area contributed by atoms with Gasteiger partial charge in [-0.3, -0.25) is 9.59 Å². The van der Waals surface area contributed by atoms with Gasteiger partial charge in [0.25, 0.3) is 0 Å². The molecule has 0 bridgehead atoms. The van der Waals surface area contributed by atoms with Gasteiger partial charge in [0.05, 0.1) is 6.54 Å². The highest BCUT2D eigenvalue weighted by Gasteiger charge is 2.12. The summed E-state index contributed by atoms with van der Waals surface area (Å²) in [7, 11) is 0. The third-order valence-electron chi connectivity index (χ3n) is 2.58. The van der Waals surface area contributed by atoms with E-state index in [1.165, 1.54) is 0 Å². The van der Waals surface area contributed by atoms with E-state index < -0.39 is 0 Å². The topological polar surface area (TPSA) is 46.2 Å². The second-order valence-electron chi connectivity index (χ2n) is 3.82. The third kappa shape index (κ3) is 3.50. The van der Waals surface area contributed by atoms with Crippen molar-refractivity contribution in [3.63, 3.8) is 0 Å². The van der Waals surface area contributed by atoms with Crippen molar-refractivity contribution < 1.29 is 9.59 Å². The first kappa shape index (κ1) is 12.4. The zero-order chi connectivity index (χ0) is 12.0. The zero-order valence-electron chi connectivity index (χ0n) is 9.69. The summed E-state index contributed by atoms with van der Waals surface area (Å²) < 4.78 is 0. The molecule has 3 nitrogen and oxygen atoms in total. The minimum atomic E-state index is -0.0632. The van der Waals surface area contributed by atoms with E-state index in [9.17, 15) is 9.59 Å². The molecule has 1 rings (SSSR count). The SMILES string of the molecule is CCC(C)C(=O)NCC(=O)c1ccccc1. The number of rotatable bonds is 5. The summed E-state index contributed by atoms with van der Waals surface area (Å²) in [6.07, 6.45) is 0.783. The lowest BCUT2D eigenvalue weighted by Gasteiger charge is -2.09. The van der Waals surface area contributed by atoms with Crippen LogP contribution in [0.1, 0.15) is 30.6 Å². The molecule has 1 atom stereocenters. The fourth-order valence-corrected chi connectivity index (χ4v) is 1.25. The molecular formula is C13H17NO2. The maximum absolute atomic E-state index is 11.6. The van der Waals surface area contributed by atoms with Crippen molar-refractivity contribution in [3.8, 4) is 0 Å². The van der Waals surface area contributed by atoms with Gasteiger partial charge < -0.3 is 5.32 Å². The lowest BCUT2D eigenvalue weighted by atomic mass is 10.1. The van der Waals surface area contributed by atoms with Crippen LogP contribution in [-0.2, 0) is 4.79 Å². The van der Waals surface area contributed by atoms with Gasteiger partial charge in [-0.15, -0.1) is 0 Å². The van der Waals surface area contributed by atoms with Crippen LogP contribution in [-0.4, -0.2) is 18.2 Å². The van der Waals surface area contributed by atoms with Gasteiger partial charge in [-0.25, -0.2) is 0 Å². The number of hydrogen-bond donors (Lipinski definition) is 1. The molecule has 0 aromatic heterocycles. The first-order valence-electron chi connectivity index (χ1n) is 5.51. The Morgan fingerprint density at radius 3 is 2.44 bits per heavy atom. The van der Waals surface area contributed by atoms with Crippen LogP contribution in [0.2, 0.25) is 0 Å². The van der Waals surface area contributed by atoms with Gasteiger partial charge in [0.2, 0.25) is 5.91 Å². The van der Waals surface area contributed by atoms with Gasteiger partial charge in [-0.2, -0.15) is 0 Å². The van der Waals surface area contributed by atoms with Gasteiger partial charge in [-0.05, 0) is 6.42 Å². The van der Waals surface area contributed by atoms with E-state index in [-0.39, 0.29) is 24.2 Å². The molecule has 0 spiro atoms. The van der Waals surface area contributed by atoms with E-state index in [0.717, 1.165) is 6.42 Å². The van der Waals surface area contributed by atoms with Crippen LogP contribution in [0, 0.1) is 5.92 Å². The van der Waals surface area contributed by atoms with Crippen molar-refractivity contribution in [1.29, 1.82) is 0 Å².